The molecule has 56 valence electrons. The molecule has 0 saturated heterocycles. The van der Waals surface area contributed by atoms with Crippen LogP contribution in [0.15, 0.2) is 0 Å². The van der Waals surface area contributed by atoms with E-state index in [2.05, 4.69) is 26.1 Å². The molecule has 0 fully saturated rings. The van der Waals surface area contributed by atoms with Crippen LogP contribution in [0.1, 0.15) is 27.2 Å². The maximum Gasteiger partial charge on any atom is 0.0430 e. The van der Waals surface area contributed by atoms with E-state index in [9.17, 15) is 0 Å². The molecular formula is C7H18N2. The van der Waals surface area contributed by atoms with Gasteiger partial charge in [-0.15, -0.1) is 0 Å². The van der Waals surface area contributed by atoms with Gasteiger partial charge in [-0.3, -0.25) is 0 Å². The second-order valence-corrected chi connectivity index (χ2v) is 2.58. The van der Waals surface area contributed by atoms with Crippen molar-refractivity contribution in [3.8, 4) is 0 Å². The van der Waals surface area contributed by atoms with E-state index in [4.69, 9.17) is 5.73 Å². The van der Waals surface area contributed by atoms with Gasteiger partial charge in [0.25, 0.3) is 0 Å². The van der Waals surface area contributed by atoms with Gasteiger partial charge >= 0.3 is 0 Å². The molecule has 0 amide bonds. The third kappa shape index (κ3) is 3.49. The Morgan fingerprint density at radius 1 is 1.44 bits per heavy atom. The molecule has 0 aromatic heterocycles. The summed E-state index contributed by atoms with van der Waals surface area (Å²) >= 11 is 0. The van der Waals surface area contributed by atoms with Crippen LogP contribution >= 0.6 is 0 Å². The van der Waals surface area contributed by atoms with Gasteiger partial charge in [-0.25, -0.2) is 0 Å². The highest BCUT2D eigenvalue weighted by atomic mass is 15.0. The first-order valence-electron chi connectivity index (χ1n) is 3.65. The van der Waals surface area contributed by atoms with Crippen LogP contribution in [-0.4, -0.2) is 12.7 Å². The minimum Gasteiger partial charge on any atom is -0.318 e. The standard InChI is InChI=1S/C7H18N2/c1-4-6(2)7(3)9-5-8/h6-7,9H,4-5,8H2,1-3H3/t6?,7-/m1/s1. The van der Waals surface area contributed by atoms with E-state index in [1.54, 1.807) is 0 Å². The van der Waals surface area contributed by atoms with Crippen molar-refractivity contribution >= 4 is 0 Å². The van der Waals surface area contributed by atoms with E-state index in [1.807, 2.05) is 0 Å². The zero-order valence-electron chi connectivity index (χ0n) is 6.65. The lowest BCUT2D eigenvalue weighted by Crippen LogP contribution is -2.35. The Kier molecular flexibility index (Phi) is 4.72. The van der Waals surface area contributed by atoms with Crippen LogP contribution in [-0.2, 0) is 0 Å². The van der Waals surface area contributed by atoms with E-state index in [1.165, 1.54) is 6.42 Å². The molecule has 1 unspecified atom stereocenters. The minimum atomic E-state index is 0.556. The highest BCUT2D eigenvalue weighted by molar-refractivity contribution is 4.64. The summed E-state index contributed by atoms with van der Waals surface area (Å²) in [5.74, 6) is 0.730. The van der Waals surface area contributed by atoms with Gasteiger partial charge in [0.1, 0.15) is 0 Å². The number of hydrogen-bond acceptors (Lipinski definition) is 2. The van der Waals surface area contributed by atoms with Crippen molar-refractivity contribution in [1.82, 2.24) is 5.32 Å². The van der Waals surface area contributed by atoms with E-state index >= 15 is 0 Å². The minimum absolute atomic E-state index is 0.556. The number of nitrogens with one attached hydrogen (secondary N) is 1. The molecule has 0 heterocycles. The molecule has 0 aromatic rings. The second kappa shape index (κ2) is 4.77. The normalized spacial score (nSPS) is 17.3. The Morgan fingerprint density at radius 3 is 2.33 bits per heavy atom. The molecule has 2 heteroatoms. The second-order valence-electron chi connectivity index (χ2n) is 2.58. The lowest BCUT2D eigenvalue weighted by Gasteiger charge is -2.18. The molecule has 0 aliphatic heterocycles. The summed E-state index contributed by atoms with van der Waals surface area (Å²) in [7, 11) is 0. The largest absolute Gasteiger partial charge is 0.318 e. The predicted octanol–water partition coefficient (Wildman–Crippen LogP) is 0.927. The molecule has 0 spiro atoms. The van der Waals surface area contributed by atoms with E-state index in [0.717, 1.165) is 5.92 Å². The fraction of sp³-hybridized carbons (Fsp3) is 1.00. The highest BCUT2D eigenvalue weighted by Crippen LogP contribution is 2.05. The molecule has 0 bridgehead atoms. The number of hydrogen-bond donors (Lipinski definition) is 2. The zero-order valence-corrected chi connectivity index (χ0v) is 6.65. The Balaban J connectivity index is 3.32. The first-order valence-corrected chi connectivity index (χ1v) is 3.65. The van der Waals surface area contributed by atoms with Gasteiger partial charge in [-0.05, 0) is 12.8 Å². The Morgan fingerprint density at radius 2 is 2.00 bits per heavy atom. The third-order valence-electron chi connectivity index (χ3n) is 1.94. The Hall–Kier alpha value is -0.0800. The maximum atomic E-state index is 5.31. The molecule has 9 heavy (non-hydrogen) atoms. The average molecular weight is 130 g/mol. The van der Waals surface area contributed by atoms with Gasteiger partial charge < -0.3 is 11.1 Å². The molecular weight excluding hydrogens is 112 g/mol. The SMILES string of the molecule is CCC(C)[C@@H](C)NCN. The molecule has 0 aliphatic rings. The molecule has 0 aliphatic carbocycles. The van der Waals surface area contributed by atoms with Crippen molar-refractivity contribution in [1.29, 1.82) is 0 Å². The lowest BCUT2D eigenvalue weighted by molar-refractivity contribution is 0.395. The van der Waals surface area contributed by atoms with E-state index < -0.39 is 0 Å². The van der Waals surface area contributed by atoms with Gasteiger partial charge in [0.15, 0.2) is 0 Å². The van der Waals surface area contributed by atoms with Crippen molar-refractivity contribution in [3.05, 3.63) is 0 Å². The molecule has 2 nitrogen and oxygen atoms in total. The number of rotatable bonds is 4. The van der Waals surface area contributed by atoms with Crippen LogP contribution in [0.4, 0.5) is 0 Å². The fourth-order valence-electron chi connectivity index (χ4n) is 0.741. The topological polar surface area (TPSA) is 38.0 Å². The smallest absolute Gasteiger partial charge is 0.0430 e. The number of nitrogens with two attached hydrogens (primary N) is 1. The van der Waals surface area contributed by atoms with Crippen LogP contribution in [0.3, 0.4) is 0 Å². The Labute approximate surface area is 57.8 Å². The van der Waals surface area contributed by atoms with Crippen molar-refractivity contribution in [2.75, 3.05) is 6.67 Å². The quantitative estimate of drug-likeness (QED) is 0.555. The summed E-state index contributed by atoms with van der Waals surface area (Å²) in [4.78, 5) is 0. The summed E-state index contributed by atoms with van der Waals surface area (Å²) in [6.07, 6.45) is 1.22. The zero-order chi connectivity index (χ0) is 7.28. The van der Waals surface area contributed by atoms with Gasteiger partial charge in [0.05, 0.1) is 0 Å². The summed E-state index contributed by atoms with van der Waals surface area (Å²) in [5, 5.41) is 3.17. The first-order chi connectivity index (χ1) is 4.22. The van der Waals surface area contributed by atoms with Crippen LogP contribution in [0.25, 0.3) is 0 Å². The molecule has 3 N–H and O–H groups in total. The van der Waals surface area contributed by atoms with Gasteiger partial charge in [0.2, 0.25) is 0 Å². The third-order valence-corrected chi connectivity index (χ3v) is 1.94. The van der Waals surface area contributed by atoms with Gasteiger partial charge in [0, 0.05) is 12.7 Å². The lowest BCUT2D eigenvalue weighted by atomic mass is 10.0. The van der Waals surface area contributed by atoms with Crippen molar-refractivity contribution in [3.63, 3.8) is 0 Å². The van der Waals surface area contributed by atoms with Crippen LogP contribution < -0.4 is 11.1 Å². The summed E-state index contributed by atoms with van der Waals surface area (Å²) in [6.45, 7) is 7.18. The molecule has 0 aromatic carbocycles. The first kappa shape index (κ1) is 8.92. The average Bonchev–Trinajstić information content (AvgIpc) is 1.87. The van der Waals surface area contributed by atoms with Crippen LogP contribution in [0, 0.1) is 5.92 Å². The maximum absolute atomic E-state index is 5.31. The molecule has 0 rings (SSSR count). The van der Waals surface area contributed by atoms with Crippen molar-refractivity contribution in [2.24, 2.45) is 11.7 Å². The molecule has 0 saturated carbocycles. The summed E-state index contributed by atoms with van der Waals surface area (Å²) in [6, 6.07) is 0.556. The van der Waals surface area contributed by atoms with Crippen LogP contribution in [0.5, 0.6) is 0 Å². The summed E-state index contributed by atoms with van der Waals surface area (Å²) in [5.41, 5.74) is 5.31. The predicted molar refractivity (Wildman–Crippen MR) is 41.1 cm³/mol. The highest BCUT2D eigenvalue weighted by Gasteiger charge is 2.06. The van der Waals surface area contributed by atoms with Crippen molar-refractivity contribution in [2.45, 2.75) is 33.2 Å². The Bertz CT molecular complexity index is 63.9. The van der Waals surface area contributed by atoms with E-state index in [0.29, 0.717) is 12.7 Å². The van der Waals surface area contributed by atoms with Gasteiger partial charge in [-0.1, -0.05) is 20.3 Å². The van der Waals surface area contributed by atoms with Crippen molar-refractivity contribution < 1.29 is 0 Å². The van der Waals surface area contributed by atoms with Crippen LogP contribution in [0.2, 0.25) is 0 Å². The molecule has 2 atom stereocenters. The molecule has 0 radical (unpaired) electrons. The van der Waals surface area contributed by atoms with E-state index in [-0.39, 0.29) is 0 Å². The monoisotopic (exact) mass is 130 g/mol. The van der Waals surface area contributed by atoms with Gasteiger partial charge in [-0.2, -0.15) is 0 Å². The summed E-state index contributed by atoms with van der Waals surface area (Å²) < 4.78 is 0. The fourth-order valence-corrected chi connectivity index (χ4v) is 0.741.